The van der Waals surface area contributed by atoms with Crippen LogP contribution in [0.5, 0.6) is 0 Å². The van der Waals surface area contributed by atoms with Gasteiger partial charge in [0, 0.05) is 11.6 Å². The molecular formula is C12H11ClF2N2. The molecule has 0 spiro atoms. The zero-order valence-corrected chi connectivity index (χ0v) is 9.96. The maximum Gasteiger partial charge on any atom is 0.282 e. The van der Waals surface area contributed by atoms with Gasteiger partial charge in [-0.25, -0.2) is 8.78 Å². The van der Waals surface area contributed by atoms with Crippen molar-refractivity contribution in [1.29, 1.82) is 0 Å². The van der Waals surface area contributed by atoms with Gasteiger partial charge in [-0.05, 0) is 30.7 Å². The van der Waals surface area contributed by atoms with Crippen LogP contribution < -0.4 is 0 Å². The highest BCUT2D eigenvalue weighted by Crippen LogP contribution is 2.26. The number of aromatic nitrogens is 2. The summed E-state index contributed by atoms with van der Waals surface area (Å²) < 4.78 is 26.7. The van der Waals surface area contributed by atoms with Crippen molar-refractivity contribution in [2.24, 2.45) is 0 Å². The Morgan fingerprint density at radius 3 is 2.47 bits per heavy atom. The van der Waals surface area contributed by atoms with Crippen molar-refractivity contribution in [3.05, 3.63) is 41.0 Å². The second-order valence-electron chi connectivity index (χ2n) is 3.58. The van der Waals surface area contributed by atoms with E-state index >= 15 is 0 Å². The summed E-state index contributed by atoms with van der Waals surface area (Å²) in [7, 11) is 0. The lowest BCUT2D eigenvalue weighted by Gasteiger charge is -2.04. The van der Waals surface area contributed by atoms with Gasteiger partial charge >= 0.3 is 0 Å². The number of alkyl halides is 2. The summed E-state index contributed by atoms with van der Waals surface area (Å²) in [5, 5.41) is 4.48. The lowest BCUT2D eigenvalue weighted by atomic mass is 10.1. The van der Waals surface area contributed by atoms with Crippen LogP contribution in [0.15, 0.2) is 30.3 Å². The number of halogens is 3. The molecule has 0 atom stereocenters. The normalized spacial score (nSPS) is 11.1. The lowest BCUT2D eigenvalue weighted by molar-refractivity contribution is 0.145. The second kappa shape index (κ2) is 4.84. The number of hydrogen-bond acceptors (Lipinski definition) is 1. The molecule has 1 aromatic carbocycles. The molecule has 2 aromatic rings. The van der Waals surface area contributed by atoms with E-state index in [2.05, 4.69) is 5.10 Å². The summed E-state index contributed by atoms with van der Waals surface area (Å²) in [6.45, 7) is 2.41. The summed E-state index contributed by atoms with van der Waals surface area (Å²) >= 11 is 5.79. The van der Waals surface area contributed by atoms with E-state index in [1.54, 1.807) is 28.9 Å². The highest BCUT2D eigenvalue weighted by molar-refractivity contribution is 6.30. The Morgan fingerprint density at radius 1 is 1.29 bits per heavy atom. The van der Waals surface area contributed by atoms with E-state index in [0.29, 0.717) is 17.3 Å². The highest BCUT2D eigenvalue weighted by atomic mass is 35.5. The van der Waals surface area contributed by atoms with Crippen molar-refractivity contribution < 1.29 is 8.78 Å². The fourth-order valence-corrected chi connectivity index (χ4v) is 1.76. The average Bonchev–Trinajstić information content (AvgIpc) is 2.74. The SMILES string of the molecule is CCn1nc(C(F)F)cc1-c1ccc(Cl)cc1. The summed E-state index contributed by atoms with van der Waals surface area (Å²) in [6, 6.07) is 8.46. The van der Waals surface area contributed by atoms with Gasteiger partial charge in [-0.1, -0.05) is 23.7 Å². The van der Waals surface area contributed by atoms with Gasteiger partial charge in [0.2, 0.25) is 0 Å². The predicted octanol–water partition coefficient (Wildman–Crippen LogP) is 4.16. The third-order valence-corrected chi connectivity index (χ3v) is 2.71. The highest BCUT2D eigenvalue weighted by Gasteiger charge is 2.15. The Morgan fingerprint density at radius 2 is 1.94 bits per heavy atom. The summed E-state index contributed by atoms with van der Waals surface area (Å²) in [5.74, 6) is 0. The molecule has 17 heavy (non-hydrogen) atoms. The van der Waals surface area contributed by atoms with Crippen molar-refractivity contribution in [1.82, 2.24) is 9.78 Å². The van der Waals surface area contributed by atoms with Crippen LogP contribution in [0.3, 0.4) is 0 Å². The number of hydrogen-bond donors (Lipinski definition) is 0. The summed E-state index contributed by atoms with van der Waals surface area (Å²) in [5.41, 5.74) is 1.31. The smallest absolute Gasteiger partial charge is 0.265 e. The summed E-state index contributed by atoms with van der Waals surface area (Å²) in [4.78, 5) is 0. The van der Waals surface area contributed by atoms with E-state index in [9.17, 15) is 8.78 Å². The van der Waals surface area contributed by atoms with Crippen LogP contribution in [0.4, 0.5) is 8.78 Å². The molecule has 0 N–H and O–H groups in total. The largest absolute Gasteiger partial charge is 0.282 e. The molecule has 0 aliphatic carbocycles. The third-order valence-electron chi connectivity index (χ3n) is 2.46. The monoisotopic (exact) mass is 256 g/mol. The van der Waals surface area contributed by atoms with Gasteiger partial charge in [-0.15, -0.1) is 0 Å². The zero-order valence-electron chi connectivity index (χ0n) is 9.20. The first-order chi connectivity index (χ1) is 8.11. The fourth-order valence-electron chi connectivity index (χ4n) is 1.64. The quantitative estimate of drug-likeness (QED) is 0.806. The number of benzene rings is 1. The molecular weight excluding hydrogens is 246 g/mol. The topological polar surface area (TPSA) is 17.8 Å². The van der Waals surface area contributed by atoms with Crippen molar-refractivity contribution in [2.75, 3.05) is 0 Å². The van der Waals surface area contributed by atoms with Crippen molar-refractivity contribution in [3.8, 4) is 11.3 Å². The molecule has 2 rings (SSSR count). The Kier molecular flexibility index (Phi) is 3.43. The number of rotatable bonds is 3. The molecule has 0 unspecified atom stereocenters. The van der Waals surface area contributed by atoms with Crippen molar-refractivity contribution in [3.63, 3.8) is 0 Å². The standard InChI is InChI=1S/C12H11ClF2N2/c1-2-17-11(7-10(16-17)12(14)15)8-3-5-9(13)6-4-8/h3-7,12H,2H2,1H3. The average molecular weight is 257 g/mol. The second-order valence-corrected chi connectivity index (χ2v) is 4.01. The molecule has 0 radical (unpaired) electrons. The van der Waals surface area contributed by atoms with Crippen LogP contribution in [-0.4, -0.2) is 9.78 Å². The minimum atomic E-state index is -2.55. The van der Waals surface area contributed by atoms with Gasteiger partial charge < -0.3 is 0 Å². The molecule has 0 aliphatic heterocycles. The molecule has 90 valence electrons. The third kappa shape index (κ3) is 2.47. The Labute approximate surface area is 103 Å². The van der Waals surface area contributed by atoms with Crippen molar-refractivity contribution in [2.45, 2.75) is 19.9 Å². The van der Waals surface area contributed by atoms with E-state index in [4.69, 9.17) is 11.6 Å². The van der Waals surface area contributed by atoms with Gasteiger partial charge in [0.1, 0.15) is 5.69 Å². The van der Waals surface area contributed by atoms with E-state index in [-0.39, 0.29) is 5.69 Å². The first-order valence-electron chi connectivity index (χ1n) is 5.23. The number of nitrogens with zero attached hydrogens (tertiary/aromatic N) is 2. The van der Waals surface area contributed by atoms with Gasteiger partial charge in [0.05, 0.1) is 5.69 Å². The fraction of sp³-hybridized carbons (Fsp3) is 0.250. The van der Waals surface area contributed by atoms with E-state index in [1.165, 1.54) is 6.07 Å². The minimum absolute atomic E-state index is 0.197. The van der Waals surface area contributed by atoms with E-state index in [0.717, 1.165) is 5.56 Å². The molecule has 0 saturated heterocycles. The Balaban J connectivity index is 2.46. The van der Waals surface area contributed by atoms with Gasteiger partial charge in [-0.2, -0.15) is 5.10 Å². The first kappa shape index (κ1) is 12.0. The van der Waals surface area contributed by atoms with Crippen LogP contribution in [0.25, 0.3) is 11.3 Å². The van der Waals surface area contributed by atoms with Gasteiger partial charge in [0.25, 0.3) is 6.43 Å². The van der Waals surface area contributed by atoms with Crippen LogP contribution in [0.2, 0.25) is 5.02 Å². The van der Waals surface area contributed by atoms with Crippen LogP contribution in [-0.2, 0) is 6.54 Å². The Bertz CT molecular complexity index is 506. The zero-order chi connectivity index (χ0) is 12.4. The molecule has 1 heterocycles. The Hall–Kier alpha value is -1.42. The molecule has 1 aromatic heterocycles. The van der Waals surface area contributed by atoms with Crippen molar-refractivity contribution >= 4 is 11.6 Å². The molecule has 0 saturated carbocycles. The number of aryl methyl sites for hydroxylation is 1. The summed E-state index contributed by atoms with van der Waals surface area (Å²) in [6.07, 6.45) is -2.55. The van der Waals surface area contributed by atoms with Crippen LogP contribution in [0.1, 0.15) is 19.0 Å². The van der Waals surface area contributed by atoms with Gasteiger partial charge in [-0.3, -0.25) is 4.68 Å². The maximum atomic E-state index is 12.6. The van der Waals surface area contributed by atoms with E-state index < -0.39 is 6.43 Å². The molecule has 5 heteroatoms. The van der Waals surface area contributed by atoms with Crippen LogP contribution in [0, 0.1) is 0 Å². The molecule has 0 fully saturated rings. The predicted molar refractivity (Wildman–Crippen MR) is 63.3 cm³/mol. The lowest BCUT2D eigenvalue weighted by Crippen LogP contribution is -1.99. The molecule has 0 aliphatic rings. The molecule has 0 amide bonds. The molecule has 2 nitrogen and oxygen atoms in total. The van der Waals surface area contributed by atoms with Crippen LogP contribution >= 0.6 is 11.6 Å². The minimum Gasteiger partial charge on any atom is -0.265 e. The first-order valence-corrected chi connectivity index (χ1v) is 5.61. The van der Waals surface area contributed by atoms with E-state index in [1.807, 2.05) is 6.92 Å². The maximum absolute atomic E-state index is 12.6. The molecule has 0 bridgehead atoms. The van der Waals surface area contributed by atoms with Gasteiger partial charge in [0.15, 0.2) is 0 Å².